The van der Waals surface area contributed by atoms with Crippen LogP contribution in [0.4, 0.5) is 5.69 Å². The first kappa shape index (κ1) is 14.7. The highest BCUT2D eigenvalue weighted by Crippen LogP contribution is 2.23. The zero-order valence-corrected chi connectivity index (χ0v) is 11.3. The van der Waals surface area contributed by atoms with Crippen molar-refractivity contribution < 1.29 is 9.53 Å². The molecule has 4 heteroatoms. The van der Waals surface area contributed by atoms with Crippen LogP contribution in [-0.4, -0.2) is 32.7 Å². The molecule has 0 aromatic heterocycles. The zero-order valence-electron chi connectivity index (χ0n) is 11.3. The normalized spacial score (nSPS) is 10.7. The Morgan fingerprint density at radius 3 is 2.72 bits per heavy atom. The molecule has 0 unspecified atom stereocenters. The number of methoxy groups -OCH3 is 1. The van der Waals surface area contributed by atoms with Crippen molar-refractivity contribution in [3.8, 4) is 0 Å². The molecule has 0 bridgehead atoms. The van der Waals surface area contributed by atoms with Gasteiger partial charge >= 0.3 is 0 Å². The lowest BCUT2D eigenvalue weighted by Gasteiger charge is -2.13. The number of rotatable bonds is 7. The SMILES string of the molecule is COCCNCC(=O)Nc1ccccc1C(C)C. The van der Waals surface area contributed by atoms with Crippen molar-refractivity contribution in [1.29, 1.82) is 0 Å². The van der Waals surface area contributed by atoms with Gasteiger partial charge < -0.3 is 15.4 Å². The summed E-state index contributed by atoms with van der Waals surface area (Å²) in [4.78, 5) is 11.7. The van der Waals surface area contributed by atoms with E-state index in [1.54, 1.807) is 7.11 Å². The predicted octanol–water partition coefficient (Wildman–Crippen LogP) is 1.98. The monoisotopic (exact) mass is 250 g/mol. The smallest absolute Gasteiger partial charge is 0.238 e. The molecule has 4 nitrogen and oxygen atoms in total. The molecule has 1 aromatic carbocycles. The molecule has 0 aliphatic carbocycles. The van der Waals surface area contributed by atoms with Gasteiger partial charge in [0.15, 0.2) is 0 Å². The van der Waals surface area contributed by atoms with Gasteiger partial charge in [-0.15, -0.1) is 0 Å². The number of anilines is 1. The summed E-state index contributed by atoms with van der Waals surface area (Å²) in [5, 5.41) is 5.94. The van der Waals surface area contributed by atoms with Crippen molar-refractivity contribution in [3.05, 3.63) is 29.8 Å². The number of ether oxygens (including phenoxy) is 1. The number of hydrogen-bond donors (Lipinski definition) is 2. The minimum Gasteiger partial charge on any atom is -0.383 e. The van der Waals surface area contributed by atoms with Gasteiger partial charge in [-0.25, -0.2) is 0 Å². The summed E-state index contributed by atoms with van der Waals surface area (Å²) in [6.07, 6.45) is 0. The Morgan fingerprint density at radius 2 is 2.06 bits per heavy atom. The summed E-state index contributed by atoms with van der Waals surface area (Å²) in [7, 11) is 1.64. The Labute approximate surface area is 109 Å². The first-order valence-corrected chi connectivity index (χ1v) is 6.23. The van der Waals surface area contributed by atoms with Crippen molar-refractivity contribution in [2.45, 2.75) is 19.8 Å². The molecule has 0 spiro atoms. The highest BCUT2D eigenvalue weighted by Gasteiger charge is 2.08. The molecule has 100 valence electrons. The van der Waals surface area contributed by atoms with E-state index in [2.05, 4.69) is 24.5 Å². The fraction of sp³-hybridized carbons (Fsp3) is 0.500. The summed E-state index contributed by atoms with van der Waals surface area (Å²) in [5.41, 5.74) is 2.05. The summed E-state index contributed by atoms with van der Waals surface area (Å²) in [6.45, 7) is 5.81. The third-order valence-corrected chi connectivity index (χ3v) is 2.63. The van der Waals surface area contributed by atoms with Crippen molar-refractivity contribution in [3.63, 3.8) is 0 Å². The first-order chi connectivity index (χ1) is 8.65. The molecular formula is C14H22N2O2. The molecule has 18 heavy (non-hydrogen) atoms. The molecule has 1 aromatic rings. The number of hydrogen-bond acceptors (Lipinski definition) is 3. The number of benzene rings is 1. The number of para-hydroxylation sites is 1. The van der Waals surface area contributed by atoms with Crippen LogP contribution in [0, 0.1) is 0 Å². The molecule has 0 heterocycles. The van der Waals surface area contributed by atoms with Crippen LogP contribution >= 0.6 is 0 Å². The van der Waals surface area contributed by atoms with Crippen molar-refractivity contribution in [1.82, 2.24) is 5.32 Å². The second-order valence-electron chi connectivity index (χ2n) is 4.46. The van der Waals surface area contributed by atoms with Crippen molar-refractivity contribution in [2.24, 2.45) is 0 Å². The van der Waals surface area contributed by atoms with E-state index in [-0.39, 0.29) is 5.91 Å². The van der Waals surface area contributed by atoms with Crippen LogP contribution in [0.25, 0.3) is 0 Å². The van der Waals surface area contributed by atoms with E-state index in [4.69, 9.17) is 4.74 Å². The molecule has 0 atom stereocenters. The number of carbonyl (C=O) groups excluding carboxylic acids is 1. The lowest BCUT2D eigenvalue weighted by Crippen LogP contribution is -2.30. The number of amides is 1. The van der Waals surface area contributed by atoms with Gasteiger partial charge in [-0.1, -0.05) is 32.0 Å². The summed E-state index contributed by atoms with van der Waals surface area (Å²) >= 11 is 0. The molecule has 0 saturated heterocycles. The van der Waals surface area contributed by atoms with E-state index >= 15 is 0 Å². The minimum absolute atomic E-state index is 0.0285. The van der Waals surface area contributed by atoms with Crippen LogP contribution in [0.3, 0.4) is 0 Å². The molecular weight excluding hydrogens is 228 g/mol. The molecule has 0 saturated carbocycles. The van der Waals surface area contributed by atoms with Crippen LogP contribution in [-0.2, 0) is 9.53 Å². The predicted molar refractivity (Wildman–Crippen MR) is 73.9 cm³/mol. The van der Waals surface area contributed by atoms with E-state index in [1.165, 1.54) is 0 Å². The fourth-order valence-electron chi connectivity index (χ4n) is 1.68. The summed E-state index contributed by atoms with van der Waals surface area (Å²) in [5.74, 6) is 0.363. The molecule has 0 aliphatic rings. The van der Waals surface area contributed by atoms with Crippen LogP contribution in [0.5, 0.6) is 0 Å². The molecule has 0 fully saturated rings. The van der Waals surface area contributed by atoms with Gasteiger partial charge in [-0.05, 0) is 17.5 Å². The average Bonchev–Trinajstić information content (AvgIpc) is 2.35. The first-order valence-electron chi connectivity index (χ1n) is 6.23. The van der Waals surface area contributed by atoms with Crippen molar-refractivity contribution in [2.75, 3.05) is 32.1 Å². The molecule has 1 rings (SSSR count). The van der Waals surface area contributed by atoms with Gasteiger partial charge in [0.1, 0.15) is 0 Å². The van der Waals surface area contributed by atoms with Gasteiger partial charge in [0, 0.05) is 19.3 Å². The van der Waals surface area contributed by atoms with E-state index in [0.29, 0.717) is 25.6 Å². The Balaban J connectivity index is 2.49. The van der Waals surface area contributed by atoms with Crippen LogP contribution in [0.2, 0.25) is 0 Å². The van der Waals surface area contributed by atoms with E-state index in [1.807, 2.05) is 24.3 Å². The van der Waals surface area contributed by atoms with Crippen LogP contribution in [0.15, 0.2) is 24.3 Å². The lowest BCUT2D eigenvalue weighted by atomic mass is 10.0. The Bertz CT molecular complexity index is 378. The molecule has 0 radical (unpaired) electrons. The lowest BCUT2D eigenvalue weighted by molar-refractivity contribution is -0.115. The third kappa shape index (κ3) is 4.85. The maximum atomic E-state index is 11.7. The van der Waals surface area contributed by atoms with Crippen LogP contribution in [0.1, 0.15) is 25.3 Å². The van der Waals surface area contributed by atoms with E-state index in [9.17, 15) is 4.79 Å². The van der Waals surface area contributed by atoms with Crippen molar-refractivity contribution >= 4 is 11.6 Å². The summed E-state index contributed by atoms with van der Waals surface area (Å²) in [6, 6.07) is 7.89. The largest absolute Gasteiger partial charge is 0.383 e. The zero-order chi connectivity index (χ0) is 13.4. The third-order valence-electron chi connectivity index (χ3n) is 2.63. The minimum atomic E-state index is -0.0285. The second kappa shape index (κ2) is 7.84. The van der Waals surface area contributed by atoms with E-state index in [0.717, 1.165) is 11.3 Å². The standard InChI is InChI=1S/C14H22N2O2/c1-11(2)12-6-4-5-7-13(12)16-14(17)10-15-8-9-18-3/h4-7,11,15H,8-10H2,1-3H3,(H,16,17). The van der Waals surface area contributed by atoms with E-state index < -0.39 is 0 Å². The van der Waals surface area contributed by atoms with Gasteiger partial charge in [-0.3, -0.25) is 4.79 Å². The average molecular weight is 250 g/mol. The highest BCUT2D eigenvalue weighted by molar-refractivity contribution is 5.93. The fourth-order valence-corrected chi connectivity index (χ4v) is 1.68. The molecule has 2 N–H and O–H groups in total. The maximum Gasteiger partial charge on any atom is 0.238 e. The molecule has 0 aliphatic heterocycles. The van der Waals surface area contributed by atoms with Gasteiger partial charge in [0.25, 0.3) is 0 Å². The number of nitrogens with one attached hydrogen (secondary N) is 2. The quantitative estimate of drug-likeness (QED) is 0.728. The van der Waals surface area contributed by atoms with Gasteiger partial charge in [-0.2, -0.15) is 0 Å². The number of carbonyl (C=O) groups is 1. The Kier molecular flexibility index (Phi) is 6.39. The Morgan fingerprint density at radius 1 is 1.33 bits per heavy atom. The Hall–Kier alpha value is -1.39. The topological polar surface area (TPSA) is 50.4 Å². The summed E-state index contributed by atoms with van der Waals surface area (Å²) < 4.78 is 4.90. The second-order valence-corrected chi connectivity index (χ2v) is 4.46. The highest BCUT2D eigenvalue weighted by atomic mass is 16.5. The molecule has 1 amide bonds. The van der Waals surface area contributed by atoms with Gasteiger partial charge in [0.05, 0.1) is 13.2 Å². The van der Waals surface area contributed by atoms with Gasteiger partial charge in [0.2, 0.25) is 5.91 Å². The maximum absolute atomic E-state index is 11.7. The van der Waals surface area contributed by atoms with Crippen LogP contribution < -0.4 is 10.6 Å².